The first-order chi connectivity index (χ1) is 16.1. The van der Waals surface area contributed by atoms with Gasteiger partial charge in [0.05, 0.1) is 42.7 Å². The second kappa shape index (κ2) is 8.52. The Morgan fingerprint density at radius 1 is 1.33 bits per heavy atom. The number of piperidine rings is 1. The van der Waals surface area contributed by atoms with Crippen molar-refractivity contribution in [3.05, 3.63) is 54.2 Å². The van der Waals surface area contributed by atoms with Gasteiger partial charge in [-0.05, 0) is 43.6 Å². The average molecular weight is 446 g/mol. The van der Waals surface area contributed by atoms with E-state index in [2.05, 4.69) is 38.7 Å². The lowest BCUT2D eigenvalue weighted by Gasteiger charge is -2.29. The third-order valence-corrected chi connectivity index (χ3v) is 6.02. The molecule has 33 heavy (non-hydrogen) atoms. The molecule has 4 heterocycles. The molecular formula is C23H23FN8O. The number of fused-ring (bicyclic) bond motifs is 1. The van der Waals surface area contributed by atoms with Crippen LogP contribution in [-0.2, 0) is 0 Å². The van der Waals surface area contributed by atoms with Crippen LogP contribution in [0.3, 0.4) is 0 Å². The molecule has 1 aromatic carbocycles. The highest BCUT2D eigenvalue weighted by Crippen LogP contribution is 2.31. The average Bonchev–Trinajstić information content (AvgIpc) is 3.44. The summed E-state index contributed by atoms with van der Waals surface area (Å²) in [6.07, 6.45) is 5.66. The fourth-order valence-electron chi connectivity index (χ4n) is 4.33. The summed E-state index contributed by atoms with van der Waals surface area (Å²) in [7, 11) is 1.55. The van der Waals surface area contributed by atoms with E-state index in [1.807, 2.05) is 16.9 Å². The molecule has 3 aromatic heterocycles. The van der Waals surface area contributed by atoms with Gasteiger partial charge in [0.1, 0.15) is 5.69 Å². The summed E-state index contributed by atoms with van der Waals surface area (Å²) in [6.45, 7) is 4.05. The van der Waals surface area contributed by atoms with E-state index >= 15 is 0 Å². The van der Waals surface area contributed by atoms with Gasteiger partial charge in [0.25, 0.3) is 5.88 Å². The van der Waals surface area contributed by atoms with Crippen molar-refractivity contribution in [2.24, 2.45) is 5.92 Å². The fraction of sp³-hybridized carbons (Fsp3) is 0.304. The van der Waals surface area contributed by atoms with Gasteiger partial charge in [-0.3, -0.25) is 9.25 Å². The molecule has 9 nitrogen and oxygen atoms in total. The molecule has 0 aliphatic carbocycles. The quantitative estimate of drug-likeness (QED) is 0.483. The van der Waals surface area contributed by atoms with Crippen molar-refractivity contribution >= 4 is 22.5 Å². The molecule has 4 aromatic rings. The van der Waals surface area contributed by atoms with Gasteiger partial charge in [-0.1, -0.05) is 13.0 Å². The maximum absolute atomic E-state index is 14.7. The summed E-state index contributed by atoms with van der Waals surface area (Å²) < 4.78 is 23.7. The molecule has 0 bridgehead atoms. The second-order valence-electron chi connectivity index (χ2n) is 8.10. The molecule has 0 radical (unpaired) electrons. The molecule has 2 N–H and O–H groups in total. The molecular weight excluding hydrogens is 423 g/mol. The van der Waals surface area contributed by atoms with Crippen LogP contribution in [0, 0.1) is 23.1 Å². The molecule has 5 rings (SSSR count). The second-order valence-corrected chi connectivity index (χ2v) is 8.10. The molecule has 0 saturated carbocycles. The number of halogens is 1. The van der Waals surface area contributed by atoms with Crippen LogP contribution in [0.1, 0.15) is 24.9 Å². The maximum Gasteiger partial charge on any atom is 0.256 e. The minimum atomic E-state index is -0.577. The van der Waals surface area contributed by atoms with E-state index < -0.39 is 5.82 Å². The molecule has 1 saturated heterocycles. The fourth-order valence-corrected chi connectivity index (χ4v) is 4.33. The third-order valence-electron chi connectivity index (χ3n) is 6.02. The van der Waals surface area contributed by atoms with E-state index in [1.165, 1.54) is 0 Å². The topological polar surface area (TPSA) is 106 Å². The Balaban J connectivity index is 1.49. The zero-order chi connectivity index (χ0) is 22.9. The van der Waals surface area contributed by atoms with Crippen molar-refractivity contribution < 1.29 is 9.13 Å². The Morgan fingerprint density at radius 3 is 3.00 bits per heavy atom. The summed E-state index contributed by atoms with van der Waals surface area (Å²) in [5.74, 6) is 0.550. The molecule has 0 spiro atoms. The highest BCUT2D eigenvalue weighted by atomic mass is 19.1. The first-order valence-corrected chi connectivity index (χ1v) is 10.7. The Morgan fingerprint density at radius 2 is 2.21 bits per heavy atom. The molecule has 0 unspecified atom stereocenters. The van der Waals surface area contributed by atoms with Gasteiger partial charge in [0.2, 0.25) is 5.95 Å². The smallest absolute Gasteiger partial charge is 0.256 e. The summed E-state index contributed by atoms with van der Waals surface area (Å²) in [6, 6.07) is 9.49. The van der Waals surface area contributed by atoms with Gasteiger partial charge < -0.3 is 15.4 Å². The zero-order valence-electron chi connectivity index (χ0n) is 18.3. The SMILES string of the molecule is COc1nn([C@@H]2CCNC[C@H]2C)cc1Nc1ncc(F)c(-n2ccc3c(C#N)cccc32)n1. The third kappa shape index (κ3) is 3.76. The Hall–Kier alpha value is -3.97. The van der Waals surface area contributed by atoms with Crippen LogP contribution in [0.4, 0.5) is 16.0 Å². The summed E-state index contributed by atoms with van der Waals surface area (Å²) in [5.41, 5.74) is 1.80. The maximum atomic E-state index is 14.7. The molecule has 168 valence electrons. The van der Waals surface area contributed by atoms with Crippen LogP contribution in [0.15, 0.2) is 42.9 Å². The number of ether oxygens (including phenoxy) is 1. The monoisotopic (exact) mass is 446 g/mol. The number of hydrogen-bond acceptors (Lipinski definition) is 7. The van der Waals surface area contributed by atoms with E-state index in [-0.39, 0.29) is 17.8 Å². The van der Waals surface area contributed by atoms with Gasteiger partial charge in [-0.15, -0.1) is 5.10 Å². The predicted molar refractivity (Wildman–Crippen MR) is 121 cm³/mol. The number of nitrogens with one attached hydrogen (secondary N) is 2. The Labute approximate surface area is 189 Å². The van der Waals surface area contributed by atoms with E-state index in [0.29, 0.717) is 28.6 Å². The summed E-state index contributed by atoms with van der Waals surface area (Å²) in [5, 5.41) is 21.2. The van der Waals surface area contributed by atoms with Gasteiger partial charge in [0, 0.05) is 11.6 Å². The number of rotatable bonds is 5. The van der Waals surface area contributed by atoms with Gasteiger partial charge >= 0.3 is 0 Å². The number of anilines is 2. The Bertz CT molecular complexity index is 1350. The van der Waals surface area contributed by atoms with Gasteiger partial charge in [0.15, 0.2) is 11.6 Å². The zero-order valence-corrected chi connectivity index (χ0v) is 18.3. The van der Waals surface area contributed by atoms with Crippen molar-refractivity contribution in [1.82, 2.24) is 29.6 Å². The van der Waals surface area contributed by atoms with Crippen LogP contribution in [-0.4, -0.2) is 44.5 Å². The van der Waals surface area contributed by atoms with Crippen LogP contribution < -0.4 is 15.4 Å². The number of nitrogens with zero attached hydrogens (tertiary/aromatic N) is 6. The minimum absolute atomic E-state index is 0.0796. The van der Waals surface area contributed by atoms with E-state index in [1.54, 1.807) is 36.1 Å². The normalized spacial score (nSPS) is 18.2. The first kappa shape index (κ1) is 20.9. The van der Waals surface area contributed by atoms with E-state index in [0.717, 1.165) is 31.1 Å². The van der Waals surface area contributed by atoms with Crippen molar-refractivity contribution in [2.45, 2.75) is 19.4 Å². The van der Waals surface area contributed by atoms with Crippen molar-refractivity contribution in [3.63, 3.8) is 0 Å². The van der Waals surface area contributed by atoms with Crippen molar-refractivity contribution in [1.29, 1.82) is 5.26 Å². The lowest BCUT2D eigenvalue weighted by molar-refractivity contribution is 0.250. The summed E-state index contributed by atoms with van der Waals surface area (Å²) in [4.78, 5) is 8.51. The molecule has 1 aliphatic rings. The summed E-state index contributed by atoms with van der Waals surface area (Å²) >= 11 is 0. The largest absolute Gasteiger partial charge is 0.478 e. The number of aromatic nitrogens is 5. The van der Waals surface area contributed by atoms with Gasteiger partial charge in [-0.2, -0.15) is 10.2 Å². The first-order valence-electron chi connectivity index (χ1n) is 10.7. The lowest BCUT2D eigenvalue weighted by atomic mass is 9.96. The number of methoxy groups -OCH3 is 1. The van der Waals surface area contributed by atoms with E-state index in [4.69, 9.17) is 4.74 Å². The number of benzene rings is 1. The van der Waals surface area contributed by atoms with Crippen LogP contribution in [0.2, 0.25) is 0 Å². The Kier molecular flexibility index (Phi) is 5.40. The molecule has 1 aliphatic heterocycles. The van der Waals surface area contributed by atoms with Crippen LogP contribution in [0.5, 0.6) is 5.88 Å². The number of nitriles is 1. The molecule has 2 atom stereocenters. The van der Waals surface area contributed by atoms with Crippen molar-refractivity contribution in [2.75, 3.05) is 25.5 Å². The molecule has 0 amide bonds. The van der Waals surface area contributed by atoms with Crippen molar-refractivity contribution in [3.8, 4) is 17.8 Å². The van der Waals surface area contributed by atoms with Gasteiger partial charge in [-0.25, -0.2) is 9.37 Å². The van der Waals surface area contributed by atoms with Crippen LogP contribution in [0.25, 0.3) is 16.7 Å². The highest BCUT2D eigenvalue weighted by Gasteiger charge is 2.25. The highest BCUT2D eigenvalue weighted by molar-refractivity contribution is 5.87. The lowest BCUT2D eigenvalue weighted by Crippen LogP contribution is -2.36. The van der Waals surface area contributed by atoms with E-state index in [9.17, 15) is 9.65 Å². The molecule has 1 fully saturated rings. The standard InChI is InChI=1S/C23H23FN8O/c1-14-11-26-8-6-19(14)32-13-18(22(30-32)33-2)28-23-27-12-17(24)21(29-23)31-9-7-16-15(10-25)4-3-5-20(16)31/h3-5,7,9,12-14,19,26H,6,8,11H2,1-2H3,(H,27,28,29)/t14-,19-/m1/s1. The minimum Gasteiger partial charge on any atom is -0.478 e. The van der Waals surface area contributed by atoms with Crippen LogP contribution >= 0.6 is 0 Å². The molecule has 10 heteroatoms. The number of hydrogen-bond donors (Lipinski definition) is 2. The predicted octanol–water partition coefficient (Wildman–Crippen LogP) is 3.55.